The van der Waals surface area contributed by atoms with Crippen LogP contribution >= 0.6 is 68.6 Å². The quantitative estimate of drug-likeness (QED) is 0.0675. The van der Waals surface area contributed by atoms with Crippen molar-refractivity contribution in [1.29, 1.82) is 0 Å². The van der Waals surface area contributed by atoms with Crippen LogP contribution in [-0.4, -0.2) is 57.9 Å². The van der Waals surface area contributed by atoms with Crippen LogP contribution in [0.3, 0.4) is 0 Å². The number of nitrogens with two attached hydrogens (primary N) is 1. The van der Waals surface area contributed by atoms with Crippen molar-refractivity contribution in [3.63, 3.8) is 0 Å². The second-order valence-electron chi connectivity index (χ2n) is 15.0. The third kappa shape index (κ3) is 19.3. The number of ether oxygens (including phenoxy) is 2. The van der Waals surface area contributed by atoms with E-state index in [9.17, 15) is 28.8 Å². The van der Waals surface area contributed by atoms with E-state index in [0.717, 1.165) is 4.47 Å². The van der Waals surface area contributed by atoms with Gasteiger partial charge in [0.1, 0.15) is 17.2 Å². The third-order valence-corrected chi connectivity index (χ3v) is 8.89. The van der Waals surface area contributed by atoms with Gasteiger partial charge in [-0.15, -0.1) is 0 Å². The molecule has 60 heavy (non-hydrogen) atoms. The molecule has 0 radical (unpaired) electrons. The Bertz CT molecular complexity index is 2140. The monoisotopic (exact) mass is 1010 g/mol. The number of carboxylic acid groups (broad SMARTS) is 1. The van der Waals surface area contributed by atoms with Crippen LogP contribution in [0.2, 0.25) is 10.0 Å². The Hall–Kier alpha value is -4.41. The van der Waals surface area contributed by atoms with E-state index < -0.39 is 47.1 Å². The van der Waals surface area contributed by atoms with E-state index in [1.807, 2.05) is 0 Å². The van der Waals surface area contributed by atoms with Gasteiger partial charge < -0.3 is 30.9 Å². The lowest BCUT2D eigenvalue weighted by molar-refractivity contribution is -0.159. The fourth-order valence-corrected chi connectivity index (χ4v) is 5.54. The maximum atomic E-state index is 12.9. The molecule has 2 amide bonds. The maximum Gasteiger partial charge on any atom is 0.408 e. The molecule has 0 aliphatic carbocycles. The zero-order valence-electron chi connectivity index (χ0n) is 34.2. The Labute approximate surface area is 384 Å². The van der Waals surface area contributed by atoms with E-state index in [2.05, 4.69) is 42.5 Å². The number of alkyl carbamates (subject to hydrolysis) is 1. The molecule has 0 heterocycles. The van der Waals surface area contributed by atoms with Gasteiger partial charge in [-0.25, -0.2) is 4.79 Å². The highest BCUT2D eigenvalue weighted by Gasteiger charge is 2.24. The van der Waals surface area contributed by atoms with Crippen molar-refractivity contribution in [2.45, 2.75) is 79.1 Å². The lowest BCUT2D eigenvalue weighted by Crippen LogP contribution is -2.44. The van der Waals surface area contributed by atoms with Crippen LogP contribution in [0, 0.1) is 5.92 Å². The number of benzene rings is 4. The summed E-state index contributed by atoms with van der Waals surface area (Å²) in [4.78, 5) is 71.0. The summed E-state index contributed by atoms with van der Waals surface area (Å²) in [6, 6.07) is 22.5. The molecule has 2 atom stereocenters. The molecule has 5 N–H and O–H groups in total. The first-order valence-corrected chi connectivity index (χ1v) is 20.3. The van der Waals surface area contributed by atoms with E-state index >= 15 is 0 Å². The Morgan fingerprint density at radius 3 is 1.58 bits per heavy atom. The number of anilines is 2. The minimum atomic E-state index is -0.981. The van der Waals surface area contributed by atoms with Gasteiger partial charge in [-0.05, 0) is 133 Å². The fraction of sp³-hybridized carbons (Fsp3) is 0.302. The number of carbonyl (C=O) groups is 6. The highest BCUT2D eigenvalue weighted by molar-refractivity contribution is 9.10. The molecule has 0 spiro atoms. The molecular weight excluding hydrogens is 965 g/mol. The second kappa shape index (κ2) is 24.1. The van der Waals surface area contributed by atoms with Crippen molar-refractivity contribution < 1.29 is 43.3 Å². The molecule has 0 saturated carbocycles. The van der Waals surface area contributed by atoms with Gasteiger partial charge in [-0.3, -0.25) is 24.0 Å². The molecule has 0 saturated heterocycles. The molecule has 0 unspecified atom stereocenters. The van der Waals surface area contributed by atoms with Crippen LogP contribution in [0.4, 0.5) is 16.2 Å². The molecule has 4 aromatic carbocycles. The fourth-order valence-electron chi connectivity index (χ4n) is 4.56. The number of aliphatic carboxylic acids is 1. The summed E-state index contributed by atoms with van der Waals surface area (Å²) in [5.41, 5.74) is 7.16. The van der Waals surface area contributed by atoms with Crippen molar-refractivity contribution in [3.05, 3.63) is 126 Å². The third-order valence-electron chi connectivity index (χ3n) is 7.40. The first kappa shape index (κ1) is 53.6. The van der Waals surface area contributed by atoms with Gasteiger partial charge in [0.05, 0.1) is 18.0 Å². The summed E-state index contributed by atoms with van der Waals surface area (Å²) in [5, 5.41) is 14.8. The number of nitrogen functional groups attached to an aromatic ring is 1. The minimum absolute atomic E-state index is 0. The highest BCUT2D eigenvalue weighted by Crippen LogP contribution is 2.26. The average Bonchev–Trinajstić information content (AvgIpc) is 3.12. The summed E-state index contributed by atoms with van der Waals surface area (Å²) in [6.45, 7) is 13.4. The van der Waals surface area contributed by atoms with Crippen molar-refractivity contribution in [1.82, 2.24) is 5.32 Å². The predicted octanol–water partition coefficient (Wildman–Crippen LogP) is 10.7. The second-order valence-corrected chi connectivity index (χ2v) is 17.7. The SMILES string of the molecule is C[C@@H](NC(=O)OC(C)(C)C)C(=O)Nc1ccc(Br)cc1C(=O)c1ccc(Cl)cc1.C[C@H](CC(=O)OC(C)(C)C)C(=O)O.Nc1ccc(Br)cc1C(=O)c1ccc(Cl)cc1.S. The molecule has 0 bridgehead atoms. The highest BCUT2D eigenvalue weighted by atomic mass is 79.9. The molecule has 17 heteroatoms. The summed E-state index contributed by atoms with van der Waals surface area (Å²) in [5.74, 6) is -3.00. The number of esters is 1. The van der Waals surface area contributed by atoms with Crippen LogP contribution in [0.1, 0.15) is 93.7 Å². The zero-order valence-corrected chi connectivity index (χ0v) is 39.9. The molecule has 0 aliphatic heterocycles. The first-order valence-electron chi connectivity index (χ1n) is 18.0. The Morgan fingerprint density at radius 1 is 0.700 bits per heavy atom. The van der Waals surface area contributed by atoms with Crippen molar-refractivity contribution in [2.75, 3.05) is 11.1 Å². The molecule has 324 valence electrons. The molecule has 4 rings (SSSR count). The van der Waals surface area contributed by atoms with Gasteiger partial charge in [-0.2, -0.15) is 13.5 Å². The summed E-state index contributed by atoms with van der Waals surface area (Å²) >= 11 is 18.3. The zero-order chi connectivity index (χ0) is 44.8. The Morgan fingerprint density at radius 2 is 1.13 bits per heavy atom. The molecule has 0 aromatic heterocycles. The molecular formula is C43H49Br2Cl2N3O9S. The summed E-state index contributed by atoms with van der Waals surface area (Å²) < 4.78 is 11.6. The van der Waals surface area contributed by atoms with Gasteiger partial charge in [0.15, 0.2) is 11.6 Å². The number of ketones is 2. The number of rotatable bonds is 10. The minimum Gasteiger partial charge on any atom is -0.481 e. The van der Waals surface area contributed by atoms with Crippen LogP contribution in [0.15, 0.2) is 93.9 Å². The standard InChI is InChI=1S/C21H22BrClN2O4.C13H9BrClNO.C9H16O4.H2S/c1-12(24-20(28)29-21(2,3)4)19(27)25-17-10-7-14(22)11-16(17)18(26)13-5-8-15(23)9-6-13;14-9-3-6-12(16)11(7-9)13(17)8-1-4-10(15)5-2-8;1-6(8(11)12)5-7(10)13-9(2,3)4;/h5-12H,1-4H3,(H,24,28)(H,25,27);1-7H,16H2;6H,5H2,1-4H3,(H,11,12);1H2/t12-;;6-;/m1.1./s1. The smallest absolute Gasteiger partial charge is 0.408 e. The van der Waals surface area contributed by atoms with Gasteiger partial charge in [-0.1, -0.05) is 62.0 Å². The maximum absolute atomic E-state index is 12.9. The number of carboxylic acids is 1. The van der Waals surface area contributed by atoms with Crippen molar-refractivity contribution >= 4 is 115 Å². The van der Waals surface area contributed by atoms with E-state index in [1.165, 1.54) is 13.8 Å². The van der Waals surface area contributed by atoms with Gasteiger partial charge in [0.2, 0.25) is 5.91 Å². The van der Waals surface area contributed by atoms with Gasteiger partial charge >= 0.3 is 18.0 Å². The van der Waals surface area contributed by atoms with Crippen LogP contribution in [0.5, 0.6) is 0 Å². The Kier molecular flexibility index (Phi) is 21.6. The van der Waals surface area contributed by atoms with E-state index in [0.29, 0.717) is 48.1 Å². The lowest BCUT2D eigenvalue weighted by atomic mass is 10.0. The average molecular weight is 1010 g/mol. The number of amides is 2. The van der Waals surface area contributed by atoms with Crippen LogP contribution in [0.25, 0.3) is 0 Å². The van der Waals surface area contributed by atoms with Crippen molar-refractivity contribution in [2.24, 2.45) is 5.92 Å². The Balaban J connectivity index is 0.000000492. The number of hydrogen-bond donors (Lipinski definition) is 4. The van der Waals surface area contributed by atoms with Crippen LogP contribution < -0.4 is 16.4 Å². The number of carbonyl (C=O) groups excluding carboxylic acids is 5. The first-order chi connectivity index (χ1) is 27.3. The molecule has 0 aliphatic rings. The summed E-state index contributed by atoms with van der Waals surface area (Å²) in [6.07, 6.45) is -0.777. The molecule has 0 fully saturated rings. The predicted molar refractivity (Wildman–Crippen MR) is 248 cm³/mol. The van der Waals surface area contributed by atoms with E-state index in [-0.39, 0.29) is 31.5 Å². The van der Waals surface area contributed by atoms with E-state index in [1.54, 1.807) is 126 Å². The van der Waals surface area contributed by atoms with Gasteiger partial charge in [0, 0.05) is 46.9 Å². The lowest BCUT2D eigenvalue weighted by Gasteiger charge is -2.22. The normalized spacial score (nSPS) is 11.7. The number of halogens is 4. The number of hydrogen-bond acceptors (Lipinski definition) is 9. The van der Waals surface area contributed by atoms with Crippen LogP contribution in [-0.2, 0) is 23.9 Å². The largest absolute Gasteiger partial charge is 0.481 e. The number of nitrogens with one attached hydrogen (secondary N) is 2. The topological polar surface area (TPSA) is 191 Å². The molecule has 4 aromatic rings. The van der Waals surface area contributed by atoms with Crippen molar-refractivity contribution in [3.8, 4) is 0 Å². The van der Waals surface area contributed by atoms with E-state index in [4.69, 9.17) is 43.5 Å². The summed E-state index contributed by atoms with van der Waals surface area (Å²) in [7, 11) is 0. The van der Waals surface area contributed by atoms with Gasteiger partial charge in [0.25, 0.3) is 0 Å². The molecule has 12 nitrogen and oxygen atoms in total.